The number of ether oxygens (including phenoxy) is 2. The summed E-state index contributed by atoms with van der Waals surface area (Å²) in [5.41, 5.74) is 1.50. The lowest BCUT2D eigenvalue weighted by molar-refractivity contribution is -0.136. The lowest BCUT2D eigenvalue weighted by Gasteiger charge is -2.26. The van der Waals surface area contributed by atoms with Crippen molar-refractivity contribution in [2.45, 2.75) is 25.4 Å². The fraction of sp³-hybridized carbons (Fsp3) is 0.391. The van der Waals surface area contributed by atoms with Crippen LogP contribution in [-0.4, -0.2) is 70.9 Å². The first-order valence-corrected chi connectivity index (χ1v) is 11.0. The monoisotopic (exact) mass is 450 g/mol. The number of nitrogens with zero attached hydrogens (tertiary/aromatic N) is 4. The average molecular weight is 450 g/mol. The maximum Gasteiger partial charge on any atom is 0.274 e. The summed E-state index contributed by atoms with van der Waals surface area (Å²) >= 11 is 0. The van der Waals surface area contributed by atoms with Gasteiger partial charge in [-0.25, -0.2) is 4.98 Å². The number of aromatic nitrogens is 3. The number of hydrogen-bond acceptors (Lipinski definition) is 7. The maximum atomic E-state index is 12.9. The Bertz CT molecular complexity index is 1180. The summed E-state index contributed by atoms with van der Waals surface area (Å²) in [5.74, 6) is 0.839. The number of anilines is 2. The van der Waals surface area contributed by atoms with Gasteiger partial charge >= 0.3 is 0 Å². The number of carbonyl (C=O) groups excluding carboxylic acids is 2. The smallest absolute Gasteiger partial charge is 0.274 e. The number of nitrogens with one attached hydrogen (secondary N) is 2. The summed E-state index contributed by atoms with van der Waals surface area (Å²) in [6.45, 7) is 2.44. The van der Waals surface area contributed by atoms with Crippen molar-refractivity contribution < 1.29 is 19.1 Å². The van der Waals surface area contributed by atoms with Crippen LogP contribution >= 0.6 is 0 Å². The molecule has 1 aromatic carbocycles. The second-order valence-electron chi connectivity index (χ2n) is 8.21. The van der Waals surface area contributed by atoms with Crippen molar-refractivity contribution in [2.24, 2.45) is 0 Å². The number of morpholine rings is 1. The van der Waals surface area contributed by atoms with E-state index in [-0.39, 0.29) is 18.4 Å². The SMILES string of the molecule is COc1cc2nn(CC(=O)N3CCOCC3)cc2cc1NC(=O)c1cccc(NC2CC2)n1. The predicted octanol–water partition coefficient (Wildman–Crippen LogP) is 2.13. The highest BCUT2D eigenvalue weighted by Crippen LogP contribution is 2.30. The van der Waals surface area contributed by atoms with Gasteiger partial charge in [-0.05, 0) is 31.0 Å². The van der Waals surface area contributed by atoms with Crippen LogP contribution in [-0.2, 0) is 16.1 Å². The number of pyridine rings is 1. The van der Waals surface area contributed by atoms with Crippen LogP contribution < -0.4 is 15.4 Å². The number of hydrogen-bond donors (Lipinski definition) is 2. The molecule has 5 rings (SSSR count). The van der Waals surface area contributed by atoms with Crippen LogP contribution in [0.2, 0.25) is 0 Å². The van der Waals surface area contributed by atoms with Crippen molar-refractivity contribution in [3.05, 3.63) is 42.2 Å². The summed E-state index contributed by atoms with van der Waals surface area (Å²) in [6, 6.07) is 9.33. The zero-order valence-electron chi connectivity index (χ0n) is 18.4. The molecule has 2 fully saturated rings. The molecule has 0 radical (unpaired) electrons. The van der Waals surface area contributed by atoms with E-state index < -0.39 is 0 Å². The second kappa shape index (κ2) is 9.07. The van der Waals surface area contributed by atoms with Gasteiger partial charge < -0.3 is 25.0 Å². The molecule has 0 spiro atoms. The zero-order valence-corrected chi connectivity index (χ0v) is 18.4. The minimum absolute atomic E-state index is 0.00244. The Hall–Kier alpha value is -3.66. The first-order chi connectivity index (χ1) is 16.1. The number of methoxy groups -OCH3 is 1. The van der Waals surface area contributed by atoms with Gasteiger partial charge in [-0.15, -0.1) is 0 Å². The van der Waals surface area contributed by atoms with Crippen LogP contribution in [0.4, 0.5) is 11.5 Å². The molecular weight excluding hydrogens is 424 g/mol. The summed E-state index contributed by atoms with van der Waals surface area (Å²) in [5, 5.41) is 11.5. The van der Waals surface area contributed by atoms with Gasteiger partial charge in [0.1, 0.15) is 23.8 Å². The highest BCUT2D eigenvalue weighted by atomic mass is 16.5. The Kier molecular flexibility index (Phi) is 5.82. The summed E-state index contributed by atoms with van der Waals surface area (Å²) < 4.78 is 12.4. The highest BCUT2D eigenvalue weighted by molar-refractivity contribution is 6.05. The molecule has 2 N–H and O–H groups in total. The lowest BCUT2D eigenvalue weighted by atomic mass is 10.2. The molecule has 172 valence electrons. The molecule has 1 saturated carbocycles. The molecule has 3 aromatic rings. The number of benzene rings is 1. The third-order valence-electron chi connectivity index (χ3n) is 5.69. The lowest BCUT2D eigenvalue weighted by Crippen LogP contribution is -2.42. The zero-order chi connectivity index (χ0) is 22.8. The first-order valence-electron chi connectivity index (χ1n) is 11.0. The Morgan fingerprint density at radius 3 is 2.79 bits per heavy atom. The third kappa shape index (κ3) is 4.90. The van der Waals surface area contributed by atoms with Crippen LogP contribution in [0, 0.1) is 0 Å². The van der Waals surface area contributed by atoms with Crippen molar-refractivity contribution in [2.75, 3.05) is 44.0 Å². The molecule has 33 heavy (non-hydrogen) atoms. The van der Waals surface area contributed by atoms with Crippen LogP contribution in [0.1, 0.15) is 23.3 Å². The largest absolute Gasteiger partial charge is 0.494 e. The van der Waals surface area contributed by atoms with E-state index >= 15 is 0 Å². The third-order valence-corrected chi connectivity index (χ3v) is 5.69. The van der Waals surface area contributed by atoms with Gasteiger partial charge in [-0.3, -0.25) is 14.3 Å². The van der Waals surface area contributed by atoms with E-state index in [9.17, 15) is 9.59 Å². The number of carbonyl (C=O) groups is 2. The molecule has 10 nitrogen and oxygen atoms in total. The molecule has 1 aliphatic heterocycles. The molecule has 0 unspecified atom stereocenters. The molecule has 10 heteroatoms. The van der Waals surface area contributed by atoms with Crippen molar-refractivity contribution in [3.8, 4) is 5.75 Å². The Morgan fingerprint density at radius 1 is 1.21 bits per heavy atom. The normalized spacial score (nSPS) is 16.0. The minimum Gasteiger partial charge on any atom is -0.494 e. The summed E-state index contributed by atoms with van der Waals surface area (Å²) in [7, 11) is 1.54. The molecule has 3 heterocycles. The van der Waals surface area contributed by atoms with Gasteiger partial charge in [0.25, 0.3) is 5.91 Å². The predicted molar refractivity (Wildman–Crippen MR) is 123 cm³/mol. The molecular formula is C23H26N6O4. The van der Waals surface area contributed by atoms with E-state index in [4.69, 9.17) is 9.47 Å². The van der Waals surface area contributed by atoms with Gasteiger partial charge in [0.05, 0.1) is 31.5 Å². The Labute approximate surface area is 190 Å². The molecule has 0 bridgehead atoms. The molecule has 1 aliphatic carbocycles. The van der Waals surface area contributed by atoms with Crippen molar-refractivity contribution >= 4 is 34.2 Å². The van der Waals surface area contributed by atoms with Gasteiger partial charge in [-0.2, -0.15) is 5.10 Å². The standard InChI is InChI=1S/C23H26N6O4/c1-32-20-12-18-15(13-29(27-18)14-22(30)28-7-9-33-10-8-28)11-19(20)26-23(31)17-3-2-4-21(25-17)24-16-5-6-16/h2-4,11-13,16H,5-10,14H2,1H3,(H,24,25)(H,26,31). The van der Waals surface area contributed by atoms with Gasteiger partial charge in [0.15, 0.2) is 0 Å². The molecule has 2 amide bonds. The quantitative estimate of drug-likeness (QED) is 0.567. The minimum atomic E-state index is -0.331. The van der Waals surface area contributed by atoms with Crippen molar-refractivity contribution in [1.29, 1.82) is 0 Å². The fourth-order valence-electron chi connectivity index (χ4n) is 3.77. The number of fused-ring (bicyclic) bond motifs is 1. The van der Waals surface area contributed by atoms with E-state index in [2.05, 4.69) is 20.7 Å². The molecule has 1 saturated heterocycles. The van der Waals surface area contributed by atoms with Crippen molar-refractivity contribution in [1.82, 2.24) is 19.7 Å². The Balaban J connectivity index is 1.33. The average Bonchev–Trinajstić information content (AvgIpc) is 3.56. The molecule has 2 aromatic heterocycles. The number of amides is 2. The van der Waals surface area contributed by atoms with E-state index in [1.807, 2.05) is 12.1 Å². The maximum absolute atomic E-state index is 12.9. The topological polar surface area (TPSA) is 111 Å². The first kappa shape index (κ1) is 21.2. The van der Waals surface area contributed by atoms with Crippen LogP contribution in [0.15, 0.2) is 36.5 Å². The number of rotatable bonds is 7. The summed E-state index contributed by atoms with van der Waals surface area (Å²) in [6.07, 6.45) is 4.04. The van der Waals surface area contributed by atoms with Crippen LogP contribution in [0.5, 0.6) is 5.75 Å². The fourth-order valence-corrected chi connectivity index (χ4v) is 3.77. The van der Waals surface area contributed by atoms with E-state index in [1.165, 1.54) is 7.11 Å². The van der Waals surface area contributed by atoms with Gasteiger partial charge in [0, 0.05) is 36.8 Å². The second-order valence-corrected chi connectivity index (χ2v) is 8.21. The Morgan fingerprint density at radius 2 is 2.03 bits per heavy atom. The van der Waals surface area contributed by atoms with Gasteiger partial charge in [-0.1, -0.05) is 6.07 Å². The van der Waals surface area contributed by atoms with Crippen molar-refractivity contribution in [3.63, 3.8) is 0 Å². The van der Waals surface area contributed by atoms with Crippen LogP contribution in [0.3, 0.4) is 0 Å². The van der Waals surface area contributed by atoms with E-state index in [0.29, 0.717) is 60.8 Å². The van der Waals surface area contributed by atoms with Gasteiger partial charge in [0.2, 0.25) is 5.91 Å². The molecule has 0 atom stereocenters. The van der Waals surface area contributed by atoms with Crippen LogP contribution in [0.25, 0.3) is 10.9 Å². The van der Waals surface area contributed by atoms with E-state index in [0.717, 1.165) is 18.2 Å². The summed E-state index contributed by atoms with van der Waals surface area (Å²) in [4.78, 5) is 31.6. The van der Waals surface area contributed by atoms with E-state index in [1.54, 1.807) is 34.0 Å². The highest BCUT2D eigenvalue weighted by Gasteiger charge is 2.22. The molecule has 2 aliphatic rings.